The van der Waals surface area contributed by atoms with Crippen molar-refractivity contribution in [2.45, 2.75) is 19.8 Å². The van der Waals surface area contributed by atoms with E-state index < -0.39 is 5.91 Å². The monoisotopic (exact) mass is 408 g/mol. The standard InChI is InChI=1S/C20H28N2O7/c1-5-29-20(25)13-6-8-22(9-7-13)17(23)12-21-19(24)14-10-15(26-2)18(28-4)16(11-14)27-3/h10-11,13H,5-9,12H2,1-4H3,(H,21,24). The quantitative estimate of drug-likeness (QED) is 0.646. The van der Waals surface area contributed by atoms with Crippen LogP contribution in [0.15, 0.2) is 12.1 Å². The third kappa shape index (κ3) is 5.52. The van der Waals surface area contributed by atoms with E-state index in [9.17, 15) is 14.4 Å². The Labute approximate surface area is 170 Å². The highest BCUT2D eigenvalue weighted by molar-refractivity contribution is 5.97. The van der Waals surface area contributed by atoms with Gasteiger partial charge in [0.25, 0.3) is 5.91 Å². The molecular formula is C20H28N2O7. The van der Waals surface area contributed by atoms with Gasteiger partial charge in [-0.2, -0.15) is 0 Å². The van der Waals surface area contributed by atoms with E-state index >= 15 is 0 Å². The third-order valence-corrected chi connectivity index (χ3v) is 4.79. The van der Waals surface area contributed by atoms with Crippen molar-refractivity contribution in [1.29, 1.82) is 0 Å². The van der Waals surface area contributed by atoms with Gasteiger partial charge in [-0.15, -0.1) is 0 Å². The molecule has 1 aromatic carbocycles. The Morgan fingerprint density at radius 1 is 1.03 bits per heavy atom. The molecule has 29 heavy (non-hydrogen) atoms. The minimum absolute atomic E-state index is 0.139. The number of esters is 1. The molecular weight excluding hydrogens is 380 g/mol. The molecule has 1 aliphatic rings. The Bertz CT molecular complexity index is 717. The second-order valence-corrected chi connectivity index (χ2v) is 6.50. The molecule has 0 radical (unpaired) electrons. The third-order valence-electron chi connectivity index (χ3n) is 4.79. The number of piperidine rings is 1. The number of nitrogens with one attached hydrogen (secondary N) is 1. The lowest BCUT2D eigenvalue weighted by Crippen LogP contribution is -2.45. The van der Waals surface area contributed by atoms with Crippen LogP contribution in [0.5, 0.6) is 17.2 Å². The molecule has 0 aliphatic carbocycles. The molecule has 0 bridgehead atoms. The number of carbonyl (C=O) groups is 3. The van der Waals surface area contributed by atoms with E-state index in [1.165, 1.54) is 33.5 Å². The molecule has 2 amide bonds. The molecule has 160 valence electrons. The van der Waals surface area contributed by atoms with Gasteiger partial charge >= 0.3 is 5.97 Å². The van der Waals surface area contributed by atoms with Gasteiger partial charge in [-0.05, 0) is 31.9 Å². The molecule has 9 heteroatoms. The number of amides is 2. The molecule has 9 nitrogen and oxygen atoms in total. The van der Waals surface area contributed by atoms with E-state index in [0.717, 1.165) is 0 Å². The zero-order valence-electron chi connectivity index (χ0n) is 17.3. The van der Waals surface area contributed by atoms with Crippen molar-refractivity contribution in [1.82, 2.24) is 10.2 Å². The Kier molecular flexibility index (Phi) is 8.11. The maximum absolute atomic E-state index is 12.5. The van der Waals surface area contributed by atoms with Gasteiger partial charge in [0.1, 0.15) is 0 Å². The van der Waals surface area contributed by atoms with Crippen LogP contribution in [0.4, 0.5) is 0 Å². The average Bonchev–Trinajstić information content (AvgIpc) is 2.76. The van der Waals surface area contributed by atoms with Crippen LogP contribution in [0.25, 0.3) is 0 Å². The van der Waals surface area contributed by atoms with Crippen molar-refractivity contribution < 1.29 is 33.3 Å². The summed E-state index contributed by atoms with van der Waals surface area (Å²) >= 11 is 0. The fourth-order valence-corrected chi connectivity index (χ4v) is 3.21. The van der Waals surface area contributed by atoms with Crippen molar-refractivity contribution in [3.05, 3.63) is 17.7 Å². The number of rotatable bonds is 8. The minimum Gasteiger partial charge on any atom is -0.493 e. The van der Waals surface area contributed by atoms with Gasteiger partial charge in [-0.3, -0.25) is 14.4 Å². The Balaban J connectivity index is 1.92. The predicted molar refractivity (Wildman–Crippen MR) is 104 cm³/mol. The van der Waals surface area contributed by atoms with Crippen molar-refractivity contribution in [3.8, 4) is 17.2 Å². The van der Waals surface area contributed by atoms with Gasteiger partial charge in [0.2, 0.25) is 11.7 Å². The number of methoxy groups -OCH3 is 3. The van der Waals surface area contributed by atoms with Gasteiger partial charge in [-0.1, -0.05) is 0 Å². The van der Waals surface area contributed by atoms with Crippen LogP contribution in [0.3, 0.4) is 0 Å². The zero-order chi connectivity index (χ0) is 21.4. The van der Waals surface area contributed by atoms with Gasteiger partial charge < -0.3 is 29.2 Å². The number of ether oxygens (including phenoxy) is 4. The minimum atomic E-state index is -0.431. The van der Waals surface area contributed by atoms with Crippen molar-refractivity contribution >= 4 is 17.8 Å². The molecule has 1 aliphatic heterocycles. The van der Waals surface area contributed by atoms with E-state index in [1.807, 2.05) is 0 Å². The van der Waals surface area contributed by atoms with Crippen molar-refractivity contribution in [2.24, 2.45) is 5.92 Å². The Hall–Kier alpha value is -2.97. The van der Waals surface area contributed by atoms with Gasteiger partial charge in [0.05, 0.1) is 40.4 Å². The first-order chi connectivity index (χ1) is 13.9. The largest absolute Gasteiger partial charge is 0.493 e. The summed E-state index contributed by atoms with van der Waals surface area (Å²) < 4.78 is 20.7. The number of benzene rings is 1. The molecule has 1 aromatic rings. The predicted octanol–water partition coefficient (Wildman–Crippen LogP) is 1.24. The van der Waals surface area contributed by atoms with E-state index in [0.29, 0.717) is 49.8 Å². The molecule has 0 unspecified atom stereocenters. The lowest BCUT2D eigenvalue weighted by Gasteiger charge is -2.31. The fraction of sp³-hybridized carbons (Fsp3) is 0.550. The highest BCUT2D eigenvalue weighted by Crippen LogP contribution is 2.38. The molecule has 2 rings (SSSR count). The summed E-state index contributed by atoms with van der Waals surface area (Å²) in [5.41, 5.74) is 0.285. The number of likely N-dealkylation sites (tertiary alicyclic amines) is 1. The average molecular weight is 408 g/mol. The summed E-state index contributed by atoms with van der Waals surface area (Å²) in [5, 5.41) is 2.62. The first kappa shape index (κ1) is 22.3. The van der Waals surface area contributed by atoms with Gasteiger partial charge in [0, 0.05) is 18.7 Å². The van der Waals surface area contributed by atoms with Gasteiger partial charge in [-0.25, -0.2) is 0 Å². The van der Waals surface area contributed by atoms with E-state index in [4.69, 9.17) is 18.9 Å². The lowest BCUT2D eigenvalue weighted by molar-refractivity contribution is -0.151. The second kappa shape index (κ2) is 10.5. The summed E-state index contributed by atoms with van der Waals surface area (Å²) in [6, 6.07) is 3.04. The molecule has 1 heterocycles. The lowest BCUT2D eigenvalue weighted by atomic mass is 9.97. The maximum Gasteiger partial charge on any atom is 0.309 e. The highest BCUT2D eigenvalue weighted by Gasteiger charge is 2.28. The SMILES string of the molecule is CCOC(=O)C1CCN(C(=O)CNC(=O)c2cc(OC)c(OC)c(OC)c2)CC1. The number of nitrogens with zero attached hydrogens (tertiary/aromatic N) is 1. The fourth-order valence-electron chi connectivity index (χ4n) is 3.21. The summed E-state index contributed by atoms with van der Waals surface area (Å²) in [7, 11) is 4.40. The number of hydrogen-bond acceptors (Lipinski definition) is 7. The number of hydrogen-bond donors (Lipinski definition) is 1. The first-order valence-electron chi connectivity index (χ1n) is 9.47. The van der Waals surface area contributed by atoms with Crippen molar-refractivity contribution in [3.63, 3.8) is 0 Å². The normalized spacial score (nSPS) is 14.1. The van der Waals surface area contributed by atoms with E-state index in [-0.39, 0.29) is 29.9 Å². The summed E-state index contributed by atoms with van der Waals surface area (Å²) in [6.45, 7) is 2.91. The molecule has 0 aromatic heterocycles. The summed E-state index contributed by atoms with van der Waals surface area (Å²) in [6.07, 6.45) is 1.12. The van der Waals surface area contributed by atoms with Crippen LogP contribution < -0.4 is 19.5 Å². The molecule has 1 N–H and O–H groups in total. The van der Waals surface area contributed by atoms with Crippen LogP contribution in [0, 0.1) is 5.92 Å². The van der Waals surface area contributed by atoms with Crippen LogP contribution in [-0.4, -0.2) is 70.3 Å². The molecule has 1 saturated heterocycles. The topological polar surface area (TPSA) is 103 Å². The number of carbonyl (C=O) groups excluding carboxylic acids is 3. The van der Waals surface area contributed by atoms with Crippen LogP contribution in [0.1, 0.15) is 30.1 Å². The van der Waals surface area contributed by atoms with Crippen molar-refractivity contribution in [2.75, 3.05) is 47.6 Å². The zero-order valence-corrected chi connectivity index (χ0v) is 17.3. The summed E-state index contributed by atoms with van der Waals surface area (Å²) in [4.78, 5) is 38.3. The highest BCUT2D eigenvalue weighted by atomic mass is 16.5. The smallest absolute Gasteiger partial charge is 0.309 e. The van der Waals surface area contributed by atoms with Crippen LogP contribution in [0.2, 0.25) is 0 Å². The van der Waals surface area contributed by atoms with E-state index in [2.05, 4.69) is 5.32 Å². The van der Waals surface area contributed by atoms with Gasteiger partial charge in [0.15, 0.2) is 11.5 Å². The van der Waals surface area contributed by atoms with Crippen LogP contribution in [-0.2, 0) is 14.3 Å². The van der Waals surface area contributed by atoms with Crippen LogP contribution >= 0.6 is 0 Å². The molecule has 0 saturated carbocycles. The first-order valence-corrected chi connectivity index (χ1v) is 9.47. The second-order valence-electron chi connectivity index (χ2n) is 6.50. The molecule has 0 spiro atoms. The Morgan fingerprint density at radius 3 is 2.10 bits per heavy atom. The maximum atomic E-state index is 12.5. The Morgan fingerprint density at radius 2 is 1.62 bits per heavy atom. The summed E-state index contributed by atoms with van der Waals surface area (Å²) in [5.74, 6) is 0.0658. The van der Waals surface area contributed by atoms with E-state index in [1.54, 1.807) is 11.8 Å². The molecule has 1 fully saturated rings. The molecule has 0 atom stereocenters.